The first-order valence-electron chi connectivity index (χ1n) is 6.24. The monoisotopic (exact) mass is 234 g/mol. The van der Waals surface area contributed by atoms with E-state index < -0.39 is 0 Å². The SMILES string of the molecule is CC(C)CCC[C@@H](C)C[C@@H](O)C[C@@H](C)Cl. The summed E-state index contributed by atoms with van der Waals surface area (Å²) in [7, 11) is 0. The Morgan fingerprint density at radius 2 is 1.60 bits per heavy atom. The van der Waals surface area contributed by atoms with Crippen LogP contribution in [0.2, 0.25) is 0 Å². The van der Waals surface area contributed by atoms with E-state index in [-0.39, 0.29) is 11.5 Å². The molecule has 0 saturated carbocycles. The van der Waals surface area contributed by atoms with Crippen LogP contribution in [0.1, 0.15) is 59.8 Å². The molecule has 1 nitrogen and oxygen atoms in total. The summed E-state index contributed by atoms with van der Waals surface area (Å²) in [6.07, 6.45) is 5.21. The van der Waals surface area contributed by atoms with Crippen LogP contribution in [0, 0.1) is 11.8 Å². The molecule has 0 aromatic rings. The second kappa shape index (κ2) is 8.41. The highest BCUT2D eigenvalue weighted by Crippen LogP contribution is 2.19. The number of aliphatic hydroxyl groups is 1. The van der Waals surface area contributed by atoms with Crippen molar-refractivity contribution in [3.8, 4) is 0 Å². The third-order valence-corrected chi connectivity index (χ3v) is 2.93. The molecule has 0 spiro atoms. The van der Waals surface area contributed by atoms with E-state index in [1.54, 1.807) is 0 Å². The molecule has 0 amide bonds. The lowest BCUT2D eigenvalue weighted by Gasteiger charge is -2.17. The van der Waals surface area contributed by atoms with Gasteiger partial charge in [-0.15, -0.1) is 11.6 Å². The van der Waals surface area contributed by atoms with Crippen molar-refractivity contribution >= 4 is 11.6 Å². The molecule has 15 heavy (non-hydrogen) atoms. The van der Waals surface area contributed by atoms with Gasteiger partial charge in [0.1, 0.15) is 0 Å². The van der Waals surface area contributed by atoms with Crippen molar-refractivity contribution in [1.29, 1.82) is 0 Å². The van der Waals surface area contributed by atoms with E-state index in [9.17, 15) is 5.11 Å². The summed E-state index contributed by atoms with van der Waals surface area (Å²) in [5.41, 5.74) is 0. The average molecular weight is 235 g/mol. The van der Waals surface area contributed by atoms with Crippen molar-refractivity contribution < 1.29 is 5.11 Å². The molecule has 0 unspecified atom stereocenters. The third kappa shape index (κ3) is 10.5. The smallest absolute Gasteiger partial charge is 0.0556 e. The van der Waals surface area contributed by atoms with Crippen LogP contribution < -0.4 is 0 Å². The Labute approximate surface area is 100 Å². The molecule has 2 heteroatoms. The van der Waals surface area contributed by atoms with Crippen LogP contribution in [0.15, 0.2) is 0 Å². The minimum absolute atomic E-state index is 0.0860. The first-order valence-corrected chi connectivity index (χ1v) is 6.67. The first kappa shape index (κ1) is 15.2. The van der Waals surface area contributed by atoms with E-state index in [0.29, 0.717) is 5.92 Å². The largest absolute Gasteiger partial charge is 0.393 e. The fourth-order valence-electron chi connectivity index (χ4n) is 1.93. The summed E-state index contributed by atoms with van der Waals surface area (Å²) in [5.74, 6) is 1.42. The molecule has 3 atom stereocenters. The Morgan fingerprint density at radius 1 is 1.00 bits per heavy atom. The Morgan fingerprint density at radius 3 is 2.07 bits per heavy atom. The van der Waals surface area contributed by atoms with Crippen molar-refractivity contribution in [1.82, 2.24) is 0 Å². The van der Waals surface area contributed by atoms with Gasteiger partial charge in [0.25, 0.3) is 0 Å². The van der Waals surface area contributed by atoms with Gasteiger partial charge in [-0.05, 0) is 31.6 Å². The van der Waals surface area contributed by atoms with Crippen LogP contribution in [-0.2, 0) is 0 Å². The molecular formula is C13H27ClO. The zero-order valence-corrected chi connectivity index (χ0v) is 11.4. The highest BCUT2D eigenvalue weighted by atomic mass is 35.5. The summed E-state index contributed by atoms with van der Waals surface area (Å²) in [6, 6.07) is 0. The average Bonchev–Trinajstić information content (AvgIpc) is 2.00. The predicted octanol–water partition coefficient (Wildman–Crippen LogP) is 4.22. The van der Waals surface area contributed by atoms with Gasteiger partial charge in [0.15, 0.2) is 0 Å². The van der Waals surface area contributed by atoms with E-state index in [1.165, 1.54) is 19.3 Å². The van der Waals surface area contributed by atoms with Gasteiger partial charge in [-0.3, -0.25) is 0 Å². The second-order valence-corrected chi connectivity index (χ2v) is 6.08. The van der Waals surface area contributed by atoms with Crippen molar-refractivity contribution in [2.24, 2.45) is 11.8 Å². The maximum atomic E-state index is 9.71. The second-order valence-electron chi connectivity index (χ2n) is 5.34. The number of hydrogen-bond acceptors (Lipinski definition) is 1. The molecule has 0 aromatic carbocycles. The van der Waals surface area contributed by atoms with E-state index in [2.05, 4.69) is 20.8 Å². The van der Waals surface area contributed by atoms with E-state index in [0.717, 1.165) is 18.8 Å². The summed E-state index contributed by atoms with van der Waals surface area (Å²) in [5, 5.41) is 9.80. The van der Waals surface area contributed by atoms with E-state index >= 15 is 0 Å². The van der Waals surface area contributed by atoms with Crippen molar-refractivity contribution in [2.75, 3.05) is 0 Å². The van der Waals surface area contributed by atoms with Crippen molar-refractivity contribution in [3.05, 3.63) is 0 Å². The third-order valence-electron chi connectivity index (χ3n) is 2.75. The van der Waals surface area contributed by atoms with Crippen LogP contribution in [0.3, 0.4) is 0 Å². The fourth-order valence-corrected chi connectivity index (χ4v) is 2.13. The van der Waals surface area contributed by atoms with Gasteiger partial charge < -0.3 is 5.11 Å². The van der Waals surface area contributed by atoms with Gasteiger partial charge in [0, 0.05) is 5.38 Å². The molecule has 0 radical (unpaired) electrons. The lowest BCUT2D eigenvalue weighted by atomic mass is 9.94. The summed E-state index contributed by atoms with van der Waals surface area (Å²) in [4.78, 5) is 0. The zero-order chi connectivity index (χ0) is 11.8. The Bertz CT molecular complexity index is 145. The molecule has 1 N–H and O–H groups in total. The Kier molecular flexibility index (Phi) is 8.55. The van der Waals surface area contributed by atoms with Crippen LogP contribution in [0.5, 0.6) is 0 Å². The van der Waals surface area contributed by atoms with Crippen LogP contribution >= 0.6 is 11.6 Å². The molecule has 0 aliphatic rings. The van der Waals surface area contributed by atoms with E-state index in [1.807, 2.05) is 6.92 Å². The highest BCUT2D eigenvalue weighted by molar-refractivity contribution is 6.20. The number of rotatable bonds is 8. The standard InChI is InChI=1S/C13H27ClO/c1-10(2)6-5-7-11(3)8-13(15)9-12(4)14/h10-13,15H,5-9H2,1-4H3/t11-,12-,13-/m1/s1. The molecule has 0 bridgehead atoms. The zero-order valence-electron chi connectivity index (χ0n) is 10.7. The molecule has 92 valence electrons. The Hall–Kier alpha value is 0.250. The molecule has 0 saturated heterocycles. The molecule has 0 fully saturated rings. The summed E-state index contributed by atoms with van der Waals surface area (Å²) < 4.78 is 0. The van der Waals surface area contributed by atoms with Crippen LogP contribution in [0.4, 0.5) is 0 Å². The molecule has 0 heterocycles. The summed E-state index contributed by atoms with van der Waals surface area (Å²) >= 11 is 5.84. The normalized spacial score (nSPS) is 17.8. The van der Waals surface area contributed by atoms with Gasteiger partial charge >= 0.3 is 0 Å². The van der Waals surface area contributed by atoms with Crippen LogP contribution in [-0.4, -0.2) is 16.6 Å². The van der Waals surface area contributed by atoms with Gasteiger partial charge in [0.2, 0.25) is 0 Å². The molecular weight excluding hydrogens is 208 g/mol. The van der Waals surface area contributed by atoms with Crippen molar-refractivity contribution in [2.45, 2.75) is 71.3 Å². The molecule has 0 aliphatic carbocycles. The molecule has 0 rings (SSSR count). The molecule has 0 aliphatic heterocycles. The molecule has 0 aromatic heterocycles. The van der Waals surface area contributed by atoms with Crippen molar-refractivity contribution in [3.63, 3.8) is 0 Å². The number of aliphatic hydroxyl groups excluding tert-OH is 1. The minimum Gasteiger partial charge on any atom is -0.393 e. The lowest BCUT2D eigenvalue weighted by molar-refractivity contribution is 0.133. The topological polar surface area (TPSA) is 20.2 Å². The van der Waals surface area contributed by atoms with Gasteiger partial charge in [0.05, 0.1) is 6.10 Å². The summed E-state index contributed by atoms with van der Waals surface area (Å²) in [6.45, 7) is 8.68. The van der Waals surface area contributed by atoms with E-state index in [4.69, 9.17) is 11.6 Å². The van der Waals surface area contributed by atoms with Gasteiger partial charge in [-0.1, -0.05) is 40.0 Å². The number of halogens is 1. The van der Waals surface area contributed by atoms with Crippen LogP contribution in [0.25, 0.3) is 0 Å². The lowest BCUT2D eigenvalue weighted by Crippen LogP contribution is -2.15. The van der Waals surface area contributed by atoms with Gasteiger partial charge in [-0.25, -0.2) is 0 Å². The predicted molar refractivity (Wildman–Crippen MR) is 68.4 cm³/mol. The first-order chi connectivity index (χ1) is 6.91. The highest BCUT2D eigenvalue weighted by Gasteiger charge is 2.12. The van der Waals surface area contributed by atoms with Gasteiger partial charge in [-0.2, -0.15) is 0 Å². The quantitative estimate of drug-likeness (QED) is 0.624. The number of alkyl halides is 1. The Balaban J connectivity index is 3.50. The maximum Gasteiger partial charge on any atom is 0.0556 e. The number of hydrogen-bond donors (Lipinski definition) is 1. The maximum absolute atomic E-state index is 9.71. The minimum atomic E-state index is -0.216. The fraction of sp³-hybridized carbons (Fsp3) is 1.00.